The summed E-state index contributed by atoms with van der Waals surface area (Å²) >= 11 is 0. The van der Waals surface area contributed by atoms with Gasteiger partial charge in [0.05, 0.1) is 6.20 Å². The second kappa shape index (κ2) is 9.78. The number of hydrogen-bond donors (Lipinski definition) is 3. The number of hydrogen-bond acceptors (Lipinski definition) is 6. The Bertz CT molecular complexity index is 979. The van der Waals surface area contributed by atoms with Gasteiger partial charge in [-0.3, -0.25) is 9.78 Å². The number of anilines is 3. The smallest absolute Gasteiger partial charge is 0.251 e. The SMILES string of the molecule is CC(C)CNC(=O)c1cc(Nc2cnccn2)nc(N[C@@H](C)c2ccc(F)cc2)c1. The van der Waals surface area contributed by atoms with E-state index in [1.807, 2.05) is 20.8 Å². The first-order chi connectivity index (χ1) is 14.4. The van der Waals surface area contributed by atoms with Gasteiger partial charge in [0.1, 0.15) is 23.3 Å². The van der Waals surface area contributed by atoms with Crippen LogP contribution >= 0.6 is 0 Å². The number of halogens is 1. The van der Waals surface area contributed by atoms with E-state index in [-0.39, 0.29) is 17.8 Å². The molecule has 0 aliphatic heterocycles. The van der Waals surface area contributed by atoms with Gasteiger partial charge in [0, 0.05) is 30.5 Å². The topological polar surface area (TPSA) is 91.8 Å². The van der Waals surface area contributed by atoms with E-state index in [1.165, 1.54) is 12.1 Å². The van der Waals surface area contributed by atoms with Crippen LogP contribution in [0.2, 0.25) is 0 Å². The molecule has 0 aliphatic rings. The fourth-order valence-electron chi connectivity index (χ4n) is 2.75. The second-order valence-corrected chi connectivity index (χ2v) is 7.36. The molecule has 1 atom stereocenters. The van der Waals surface area contributed by atoms with Crippen molar-refractivity contribution in [1.29, 1.82) is 0 Å². The molecule has 8 heteroatoms. The average molecular weight is 408 g/mol. The van der Waals surface area contributed by atoms with Crippen LogP contribution in [0.1, 0.15) is 42.7 Å². The fourth-order valence-corrected chi connectivity index (χ4v) is 2.75. The highest BCUT2D eigenvalue weighted by Gasteiger charge is 2.13. The lowest BCUT2D eigenvalue weighted by Crippen LogP contribution is -2.27. The first-order valence-corrected chi connectivity index (χ1v) is 9.76. The Kier molecular flexibility index (Phi) is 6.90. The molecular formula is C22H25FN6O. The van der Waals surface area contributed by atoms with Gasteiger partial charge in [0.25, 0.3) is 5.91 Å². The minimum atomic E-state index is -0.289. The average Bonchev–Trinajstić information content (AvgIpc) is 2.73. The van der Waals surface area contributed by atoms with E-state index in [0.717, 1.165) is 5.56 Å². The van der Waals surface area contributed by atoms with E-state index in [4.69, 9.17) is 0 Å². The third-order valence-corrected chi connectivity index (χ3v) is 4.31. The number of nitrogens with zero attached hydrogens (tertiary/aromatic N) is 3. The molecule has 0 unspecified atom stereocenters. The fraction of sp³-hybridized carbons (Fsp3) is 0.273. The maximum atomic E-state index is 13.2. The number of nitrogens with one attached hydrogen (secondary N) is 3. The number of amides is 1. The quantitative estimate of drug-likeness (QED) is 0.514. The summed E-state index contributed by atoms with van der Waals surface area (Å²) in [7, 11) is 0. The Morgan fingerprint density at radius 3 is 2.43 bits per heavy atom. The summed E-state index contributed by atoms with van der Waals surface area (Å²) in [5, 5.41) is 9.26. The van der Waals surface area contributed by atoms with Crippen LogP contribution in [-0.2, 0) is 0 Å². The highest BCUT2D eigenvalue weighted by molar-refractivity contribution is 5.95. The van der Waals surface area contributed by atoms with E-state index in [0.29, 0.717) is 35.5 Å². The van der Waals surface area contributed by atoms with Gasteiger partial charge in [-0.2, -0.15) is 0 Å². The Labute approximate surface area is 175 Å². The van der Waals surface area contributed by atoms with Crippen molar-refractivity contribution in [2.75, 3.05) is 17.2 Å². The zero-order chi connectivity index (χ0) is 21.5. The predicted octanol–water partition coefficient (Wildman–Crippen LogP) is 4.31. The molecule has 3 rings (SSSR count). The van der Waals surface area contributed by atoms with Crippen molar-refractivity contribution in [2.24, 2.45) is 5.92 Å². The lowest BCUT2D eigenvalue weighted by molar-refractivity contribution is 0.0949. The molecule has 0 saturated heterocycles. The van der Waals surface area contributed by atoms with Crippen LogP contribution in [0.25, 0.3) is 0 Å². The van der Waals surface area contributed by atoms with E-state index >= 15 is 0 Å². The van der Waals surface area contributed by atoms with Crippen molar-refractivity contribution < 1.29 is 9.18 Å². The summed E-state index contributed by atoms with van der Waals surface area (Å²) < 4.78 is 13.2. The van der Waals surface area contributed by atoms with Crippen LogP contribution in [0.5, 0.6) is 0 Å². The molecule has 0 spiro atoms. The number of rotatable bonds is 8. The molecule has 3 N–H and O–H groups in total. The molecular weight excluding hydrogens is 383 g/mol. The molecule has 156 valence electrons. The predicted molar refractivity (Wildman–Crippen MR) is 115 cm³/mol. The van der Waals surface area contributed by atoms with E-state index in [9.17, 15) is 9.18 Å². The lowest BCUT2D eigenvalue weighted by Gasteiger charge is -2.17. The molecule has 1 aromatic carbocycles. The Morgan fingerprint density at radius 2 is 1.77 bits per heavy atom. The number of carbonyl (C=O) groups is 1. The first-order valence-electron chi connectivity index (χ1n) is 9.76. The zero-order valence-corrected chi connectivity index (χ0v) is 17.2. The molecule has 0 radical (unpaired) electrons. The summed E-state index contributed by atoms with van der Waals surface area (Å²) in [6.07, 6.45) is 4.71. The van der Waals surface area contributed by atoms with Crippen molar-refractivity contribution in [3.63, 3.8) is 0 Å². The maximum absolute atomic E-state index is 13.2. The van der Waals surface area contributed by atoms with Crippen molar-refractivity contribution >= 4 is 23.4 Å². The summed E-state index contributed by atoms with van der Waals surface area (Å²) in [4.78, 5) is 25.4. The Balaban J connectivity index is 1.86. The summed E-state index contributed by atoms with van der Waals surface area (Å²) in [6.45, 7) is 6.58. The zero-order valence-electron chi connectivity index (χ0n) is 17.2. The van der Waals surface area contributed by atoms with E-state index in [1.54, 1.807) is 42.9 Å². The van der Waals surface area contributed by atoms with E-state index in [2.05, 4.69) is 30.9 Å². The van der Waals surface area contributed by atoms with Gasteiger partial charge >= 0.3 is 0 Å². The molecule has 0 aliphatic carbocycles. The minimum absolute atomic E-state index is 0.142. The molecule has 3 aromatic rings. The summed E-state index contributed by atoms with van der Waals surface area (Å²) in [5.41, 5.74) is 1.36. The normalized spacial score (nSPS) is 11.8. The molecule has 30 heavy (non-hydrogen) atoms. The van der Waals surface area contributed by atoms with Crippen LogP contribution in [0.4, 0.5) is 21.8 Å². The molecule has 0 saturated carbocycles. The highest BCUT2D eigenvalue weighted by Crippen LogP contribution is 2.22. The number of carbonyl (C=O) groups excluding carboxylic acids is 1. The van der Waals surface area contributed by atoms with Gasteiger partial charge in [0.15, 0.2) is 0 Å². The Hall–Kier alpha value is -3.55. The summed E-state index contributed by atoms with van der Waals surface area (Å²) in [6, 6.07) is 9.47. The lowest BCUT2D eigenvalue weighted by atomic mass is 10.1. The number of benzene rings is 1. The molecule has 0 bridgehead atoms. The molecule has 0 fully saturated rings. The summed E-state index contributed by atoms with van der Waals surface area (Å²) in [5.74, 6) is 1.34. The first kappa shape index (κ1) is 21.2. The van der Waals surface area contributed by atoms with Crippen LogP contribution in [0, 0.1) is 11.7 Å². The van der Waals surface area contributed by atoms with Gasteiger partial charge in [-0.15, -0.1) is 0 Å². The van der Waals surface area contributed by atoms with Crippen molar-refractivity contribution in [1.82, 2.24) is 20.3 Å². The van der Waals surface area contributed by atoms with Gasteiger partial charge in [-0.05, 0) is 42.7 Å². The van der Waals surface area contributed by atoms with Crippen LogP contribution in [0.15, 0.2) is 55.0 Å². The maximum Gasteiger partial charge on any atom is 0.251 e. The minimum Gasteiger partial charge on any atom is -0.363 e. The third kappa shape index (κ3) is 5.97. The standard InChI is InChI=1S/C22H25FN6O/c1-14(2)12-26-22(30)17-10-19(27-15(3)16-4-6-18(23)7-5-16)28-20(11-17)29-21-13-24-8-9-25-21/h4-11,13-15H,12H2,1-3H3,(H,26,30)(H2,25,27,28,29)/t15-/m0/s1. The second-order valence-electron chi connectivity index (χ2n) is 7.36. The largest absolute Gasteiger partial charge is 0.363 e. The van der Waals surface area contributed by atoms with Crippen molar-refractivity contribution in [2.45, 2.75) is 26.8 Å². The van der Waals surface area contributed by atoms with Gasteiger partial charge < -0.3 is 16.0 Å². The molecule has 1 amide bonds. The van der Waals surface area contributed by atoms with Crippen molar-refractivity contribution in [3.8, 4) is 0 Å². The van der Waals surface area contributed by atoms with Crippen LogP contribution in [0.3, 0.4) is 0 Å². The van der Waals surface area contributed by atoms with Gasteiger partial charge in [-0.25, -0.2) is 14.4 Å². The van der Waals surface area contributed by atoms with Gasteiger partial charge in [0.2, 0.25) is 0 Å². The molecule has 7 nitrogen and oxygen atoms in total. The van der Waals surface area contributed by atoms with Crippen LogP contribution < -0.4 is 16.0 Å². The number of pyridine rings is 1. The highest BCUT2D eigenvalue weighted by atomic mass is 19.1. The number of aromatic nitrogens is 3. The molecule has 2 aromatic heterocycles. The molecule has 2 heterocycles. The van der Waals surface area contributed by atoms with Gasteiger partial charge in [-0.1, -0.05) is 26.0 Å². The van der Waals surface area contributed by atoms with Crippen molar-refractivity contribution in [3.05, 3.63) is 71.9 Å². The van der Waals surface area contributed by atoms with Crippen LogP contribution in [-0.4, -0.2) is 27.4 Å². The monoisotopic (exact) mass is 408 g/mol. The third-order valence-electron chi connectivity index (χ3n) is 4.31. The van der Waals surface area contributed by atoms with E-state index < -0.39 is 0 Å². The Morgan fingerprint density at radius 1 is 1.03 bits per heavy atom.